The van der Waals surface area contributed by atoms with Crippen molar-refractivity contribution in [2.45, 2.75) is 38.0 Å². The van der Waals surface area contributed by atoms with Crippen molar-refractivity contribution >= 4 is 11.8 Å². The lowest BCUT2D eigenvalue weighted by atomic mass is 10.0. The van der Waals surface area contributed by atoms with Crippen molar-refractivity contribution in [3.63, 3.8) is 0 Å². The number of para-hydroxylation sites is 1. The van der Waals surface area contributed by atoms with Crippen molar-refractivity contribution in [3.05, 3.63) is 29.3 Å². The lowest BCUT2D eigenvalue weighted by Gasteiger charge is -2.21. The van der Waals surface area contributed by atoms with Crippen LogP contribution in [0.5, 0.6) is 5.75 Å². The lowest BCUT2D eigenvalue weighted by Crippen LogP contribution is -2.12. The molecule has 1 aromatic carbocycles. The Kier molecular flexibility index (Phi) is 3.69. The zero-order valence-electron chi connectivity index (χ0n) is 10.7. The molecule has 1 N–H and O–H groups in total. The Balaban J connectivity index is 2.10. The maximum Gasteiger partial charge on any atom is 0.128 e. The van der Waals surface area contributed by atoms with E-state index in [-0.39, 0.29) is 4.75 Å². The van der Waals surface area contributed by atoms with E-state index in [1.165, 1.54) is 5.56 Å². The van der Waals surface area contributed by atoms with Gasteiger partial charge in [0, 0.05) is 22.5 Å². The van der Waals surface area contributed by atoms with Gasteiger partial charge in [0.2, 0.25) is 0 Å². The largest absolute Gasteiger partial charge is 0.493 e. The van der Waals surface area contributed by atoms with Crippen LogP contribution in [0.4, 0.5) is 0 Å². The Morgan fingerprint density at radius 3 is 2.88 bits per heavy atom. The fourth-order valence-electron chi connectivity index (χ4n) is 1.92. The molecular formula is C14H20O2S. The van der Waals surface area contributed by atoms with Gasteiger partial charge in [0.05, 0.1) is 12.7 Å². The molecule has 0 radical (unpaired) electrons. The van der Waals surface area contributed by atoms with E-state index in [9.17, 15) is 5.11 Å². The van der Waals surface area contributed by atoms with Gasteiger partial charge in [-0.05, 0) is 5.56 Å². The fraction of sp³-hybridized carbons (Fsp3) is 0.571. The Labute approximate surface area is 107 Å². The molecule has 0 bridgehead atoms. The highest BCUT2D eigenvalue weighted by molar-refractivity contribution is 8.00. The molecule has 0 amide bonds. The summed E-state index contributed by atoms with van der Waals surface area (Å²) in [7, 11) is 0. The van der Waals surface area contributed by atoms with Gasteiger partial charge in [0.1, 0.15) is 5.75 Å². The van der Waals surface area contributed by atoms with Crippen molar-refractivity contribution in [3.8, 4) is 5.75 Å². The topological polar surface area (TPSA) is 29.5 Å². The second-order valence-electron chi connectivity index (χ2n) is 5.37. The molecule has 0 fully saturated rings. The first-order valence-electron chi connectivity index (χ1n) is 6.04. The molecule has 1 aromatic rings. The van der Waals surface area contributed by atoms with E-state index in [0.717, 1.165) is 24.3 Å². The van der Waals surface area contributed by atoms with Crippen molar-refractivity contribution < 1.29 is 9.84 Å². The van der Waals surface area contributed by atoms with Crippen LogP contribution in [0, 0.1) is 0 Å². The number of benzene rings is 1. The summed E-state index contributed by atoms with van der Waals surface area (Å²) in [6.07, 6.45) is 0.523. The van der Waals surface area contributed by atoms with Gasteiger partial charge in [-0.25, -0.2) is 0 Å². The van der Waals surface area contributed by atoms with Crippen LogP contribution in [0.2, 0.25) is 0 Å². The van der Waals surface area contributed by atoms with E-state index < -0.39 is 6.10 Å². The Morgan fingerprint density at radius 1 is 1.41 bits per heavy atom. The third-order valence-electron chi connectivity index (χ3n) is 2.78. The standard InChI is InChI=1S/C14H20O2S/c1-14(2,3)17-9-12(15)11-6-4-5-10-7-8-16-13(10)11/h4-6,12,15H,7-9H2,1-3H3. The summed E-state index contributed by atoms with van der Waals surface area (Å²) in [5, 5.41) is 10.2. The van der Waals surface area contributed by atoms with Crippen molar-refractivity contribution in [1.29, 1.82) is 0 Å². The minimum atomic E-state index is -0.438. The summed E-state index contributed by atoms with van der Waals surface area (Å²) in [5.74, 6) is 1.62. The van der Waals surface area contributed by atoms with Crippen LogP contribution in [-0.2, 0) is 6.42 Å². The average Bonchev–Trinajstić information content (AvgIpc) is 2.72. The maximum absolute atomic E-state index is 10.2. The molecule has 1 atom stereocenters. The predicted molar refractivity (Wildman–Crippen MR) is 72.8 cm³/mol. The number of ether oxygens (including phenoxy) is 1. The van der Waals surface area contributed by atoms with E-state index in [2.05, 4.69) is 26.8 Å². The molecule has 1 heterocycles. The number of fused-ring (bicyclic) bond motifs is 1. The molecule has 2 rings (SSSR count). The highest BCUT2D eigenvalue weighted by Gasteiger charge is 2.22. The van der Waals surface area contributed by atoms with Gasteiger partial charge in [0.15, 0.2) is 0 Å². The molecule has 1 aliphatic rings. The lowest BCUT2D eigenvalue weighted by molar-refractivity contribution is 0.198. The highest BCUT2D eigenvalue weighted by atomic mass is 32.2. The van der Waals surface area contributed by atoms with E-state index in [1.807, 2.05) is 12.1 Å². The van der Waals surface area contributed by atoms with Crippen molar-refractivity contribution in [2.24, 2.45) is 0 Å². The first kappa shape index (κ1) is 12.8. The van der Waals surface area contributed by atoms with E-state index >= 15 is 0 Å². The number of hydrogen-bond donors (Lipinski definition) is 1. The van der Waals surface area contributed by atoms with Gasteiger partial charge in [-0.1, -0.05) is 39.0 Å². The zero-order valence-corrected chi connectivity index (χ0v) is 11.5. The fourth-order valence-corrected chi connectivity index (χ4v) is 2.76. The predicted octanol–water partition coefficient (Wildman–Crippen LogP) is 3.19. The molecule has 17 heavy (non-hydrogen) atoms. The molecule has 1 aliphatic heterocycles. The van der Waals surface area contributed by atoms with Gasteiger partial charge in [0.25, 0.3) is 0 Å². The minimum Gasteiger partial charge on any atom is -0.493 e. The van der Waals surface area contributed by atoms with Crippen LogP contribution in [0.15, 0.2) is 18.2 Å². The molecule has 0 spiro atoms. The zero-order chi connectivity index (χ0) is 12.5. The first-order valence-corrected chi connectivity index (χ1v) is 7.02. The summed E-state index contributed by atoms with van der Waals surface area (Å²) in [5.41, 5.74) is 2.17. The summed E-state index contributed by atoms with van der Waals surface area (Å²) in [6.45, 7) is 7.23. The molecule has 0 aromatic heterocycles. The average molecular weight is 252 g/mol. The van der Waals surface area contributed by atoms with Gasteiger partial charge in [-0.2, -0.15) is 11.8 Å². The van der Waals surface area contributed by atoms with Gasteiger partial charge in [-0.3, -0.25) is 0 Å². The van der Waals surface area contributed by atoms with Crippen molar-refractivity contribution in [1.82, 2.24) is 0 Å². The van der Waals surface area contributed by atoms with Crippen LogP contribution in [-0.4, -0.2) is 22.2 Å². The summed E-state index contributed by atoms with van der Waals surface area (Å²) >= 11 is 1.78. The van der Waals surface area contributed by atoms with E-state index in [1.54, 1.807) is 11.8 Å². The second-order valence-corrected chi connectivity index (χ2v) is 7.22. The third kappa shape index (κ3) is 3.17. The second kappa shape index (κ2) is 4.91. The minimum absolute atomic E-state index is 0.180. The van der Waals surface area contributed by atoms with E-state index in [0.29, 0.717) is 5.75 Å². The maximum atomic E-state index is 10.2. The number of rotatable bonds is 3. The van der Waals surface area contributed by atoms with Gasteiger partial charge < -0.3 is 9.84 Å². The number of aliphatic hydroxyl groups is 1. The van der Waals surface area contributed by atoms with Crippen LogP contribution in [0.1, 0.15) is 38.0 Å². The van der Waals surface area contributed by atoms with Gasteiger partial charge >= 0.3 is 0 Å². The summed E-state index contributed by atoms with van der Waals surface area (Å²) < 4.78 is 5.79. The number of thioether (sulfide) groups is 1. The normalized spacial score (nSPS) is 16.5. The molecule has 3 heteroatoms. The summed E-state index contributed by atoms with van der Waals surface area (Å²) in [6, 6.07) is 6.06. The molecule has 94 valence electrons. The Bertz CT molecular complexity index is 396. The molecule has 0 saturated heterocycles. The Morgan fingerprint density at radius 2 is 2.18 bits per heavy atom. The van der Waals surface area contributed by atoms with Crippen LogP contribution >= 0.6 is 11.8 Å². The Hall–Kier alpha value is -0.670. The quantitative estimate of drug-likeness (QED) is 0.896. The SMILES string of the molecule is CC(C)(C)SCC(O)c1cccc2c1OCC2. The molecule has 0 saturated carbocycles. The molecule has 2 nitrogen and oxygen atoms in total. The van der Waals surface area contributed by atoms with Crippen molar-refractivity contribution in [2.75, 3.05) is 12.4 Å². The van der Waals surface area contributed by atoms with Gasteiger partial charge in [-0.15, -0.1) is 0 Å². The van der Waals surface area contributed by atoms with Crippen LogP contribution in [0.3, 0.4) is 0 Å². The molecule has 1 unspecified atom stereocenters. The third-order valence-corrected chi connectivity index (χ3v) is 4.13. The first-order chi connectivity index (χ1) is 7.97. The van der Waals surface area contributed by atoms with Crippen LogP contribution in [0.25, 0.3) is 0 Å². The number of hydrogen-bond acceptors (Lipinski definition) is 3. The van der Waals surface area contributed by atoms with E-state index in [4.69, 9.17) is 4.74 Å². The molecular weight excluding hydrogens is 232 g/mol. The highest BCUT2D eigenvalue weighted by Crippen LogP contribution is 2.36. The van der Waals surface area contributed by atoms with Crippen LogP contribution < -0.4 is 4.74 Å². The molecule has 0 aliphatic carbocycles. The summed E-state index contributed by atoms with van der Waals surface area (Å²) in [4.78, 5) is 0. The number of aliphatic hydroxyl groups excluding tert-OH is 1. The monoisotopic (exact) mass is 252 g/mol. The smallest absolute Gasteiger partial charge is 0.128 e.